The molecule has 0 radical (unpaired) electrons. The van der Waals surface area contributed by atoms with Crippen molar-refractivity contribution in [1.29, 1.82) is 0 Å². The molecule has 3 aliphatic carbocycles. The fraction of sp³-hybridized carbons (Fsp3) is 1.00. The Kier molecular flexibility index (Phi) is 12.1. The lowest BCUT2D eigenvalue weighted by molar-refractivity contribution is 0.186. The van der Waals surface area contributed by atoms with Gasteiger partial charge in [-0.2, -0.15) is 0 Å². The van der Waals surface area contributed by atoms with Crippen molar-refractivity contribution < 1.29 is 0 Å². The van der Waals surface area contributed by atoms with Crippen molar-refractivity contribution in [2.45, 2.75) is 166 Å². The average Bonchev–Trinajstić information content (AvgIpc) is 3.00. The van der Waals surface area contributed by atoms with Crippen LogP contribution >= 0.6 is 0 Å². The van der Waals surface area contributed by atoms with Gasteiger partial charge in [0.1, 0.15) is 0 Å². The first kappa shape index (κ1) is 23.6. The average molecular weight is 404 g/mol. The van der Waals surface area contributed by atoms with E-state index in [-0.39, 0.29) is 0 Å². The summed E-state index contributed by atoms with van der Waals surface area (Å²) >= 11 is 0. The van der Waals surface area contributed by atoms with Crippen molar-refractivity contribution in [3.63, 3.8) is 0 Å². The molecule has 3 saturated carbocycles. The number of rotatable bonds is 3. The molecule has 1 nitrogen and oxygen atoms in total. The number of hydrogen-bond donors (Lipinski definition) is 1. The molecule has 0 aromatic carbocycles. The molecule has 1 heteroatoms. The number of hydrogen-bond acceptors (Lipinski definition) is 1. The summed E-state index contributed by atoms with van der Waals surface area (Å²) in [6.45, 7) is 0. The van der Waals surface area contributed by atoms with Crippen LogP contribution in [0.5, 0.6) is 0 Å². The van der Waals surface area contributed by atoms with Gasteiger partial charge in [-0.1, -0.05) is 128 Å². The maximum Gasteiger partial charge on any atom is 0.0101 e. The van der Waals surface area contributed by atoms with Gasteiger partial charge in [0.2, 0.25) is 0 Å². The van der Waals surface area contributed by atoms with Gasteiger partial charge in [-0.05, 0) is 37.5 Å². The summed E-state index contributed by atoms with van der Waals surface area (Å²) in [4.78, 5) is 0. The molecule has 0 aliphatic heterocycles. The Morgan fingerprint density at radius 3 is 1.28 bits per heavy atom. The standard InChI is InChI=1S/C28H53N/c1-2-5-9-14-20-25(19-13-8-4-1)27-23-17-12-18-24-28(27)29-26-21-15-10-6-3-7-11-16-22-26/h25-29H,1-24H2. The highest BCUT2D eigenvalue weighted by atomic mass is 15.0. The van der Waals surface area contributed by atoms with Gasteiger partial charge in [0.15, 0.2) is 0 Å². The highest BCUT2D eigenvalue weighted by molar-refractivity contribution is 4.87. The van der Waals surface area contributed by atoms with Crippen molar-refractivity contribution in [2.75, 3.05) is 0 Å². The minimum atomic E-state index is 0.821. The van der Waals surface area contributed by atoms with E-state index in [1.807, 2.05) is 0 Å². The number of nitrogens with one attached hydrogen (secondary N) is 1. The zero-order valence-electron chi connectivity index (χ0n) is 19.8. The molecule has 0 aromatic heterocycles. The topological polar surface area (TPSA) is 12.0 Å². The molecule has 3 fully saturated rings. The van der Waals surface area contributed by atoms with Crippen molar-refractivity contribution in [1.82, 2.24) is 5.32 Å². The molecule has 3 aliphatic rings. The van der Waals surface area contributed by atoms with Crippen molar-refractivity contribution in [2.24, 2.45) is 11.8 Å². The highest BCUT2D eigenvalue weighted by Crippen LogP contribution is 2.36. The van der Waals surface area contributed by atoms with Crippen molar-refractivity contribution >= 4 is 0 Å². The summed E-state index contributed by atoms with van der Waals surface area (Å²) in [6, 6.07) is 1.65. The molecule has 170 valence electrons. The lowest BCUT2D eigenvalue weighted by Crippen LogP contribution is -2.45. The van der Waals surface area contributed by atoms with Gasteiger partial charge >= 0.3 is 0 Å². The molecule has 0 spiro atoms. The van der Waals surface area contributed by atoms with Crippen LogP contribution in [0.2, 0.25) is 0 Å². The quantitative estimate of drug-likeness (QED) is 0.464. The van der Waals surface area contributed by atoms with Crippen LogP contribution in [0.3, 0.4) is 0 Å². The third kappa shape index (κ3) is 9.32. The van der Waals surface area contributed by atoms with Crippen LogP contribution in [0, 0.1) is 11.8 Å². The van der Waals surface area contributed by atoms with Crippen LogP contribution in [0.1, 0.15) is 154 Å². The molecular weight excluding hydrogens is 350 g/mol. The molecule has 29 heavy (non-hydrogen) atoms. The second-order valence-corrected chi connectivity index (χ2v) is 11.0. The third-order valence-corrected chi connectivity index (χ3v) is 8.63. The first-order valence-electron chi connectivity index (χ1n) is 14.2. The molecule has 0 aromatic rings. The monoisotopic (exact) mass is 403 g/mol. The second kappa shape index (κ2) is 14.9. The second-order valence-electron chi connectivity index (χ2n) is 11.0. The fourth-order valence-corrected chi connectivity index (χ4v) is 6.83. The van der Waals surface area contributed by atoms with E-state index >= 15 is 0 Å². The summed E-state index contributed by atoms with van der Waals surface area (Å²) < 4.78 is 0. The van der Waals surface area contributed by atoms with E-state index in [0.29, 0.717) is 0 Å². The largest absolute Gasteiger partial charge is 0.311 e. The van der Waals surface area contributed by atoms with Crippen molar-refractivity contribution in [3.05, 3.63) is 0 Å². The van der Waals surface area contributed by atoms with Gasteiger partial charge in [0.25, 0.3) is 0 Å². The van der Waals surface area contributed by atoms with E-state index in [2.05, 4.69) is 5.32 Å². The fourth-order valence-electron chi connectivity index (χ4n) is 6.83. The van der Waals surface area contributed by atoms with Gasteiger partial charge in [-0.25, -0.2) is 0 Å². The van der Waals surface area contributed by atoms with E-state index in [0.717, 1.165) is 23.9 Å². The minimum Gasteiger partial charge on any atom is -0.311 e. The van der Waals surface area contributed by atoms with E-state index in [9.17, 15) is 0 Å². The maximum absolute atomic E-state index is 4.34. The van der Waals surface area contributed by atoms with Crippen LogP contribution < -0.4 is 5.32 Å². The Balaban J connectivity index is 1.59. The molecule has 0 heterocycles. The van der Waals surface area contributed by atoms with Crippen LogP contribution in [-0.2, 0) is 0 Å². The predicted molar refractivity (Wildman–Crippen MR) is 128 cm³/mol. The summed E-state index contributed by atoms with van der Waals surface area (Å²) in [7, 11) is 0. The smallest absolute Gasteiger partial charge is 0.0101 e. The molecule has 3 rings (SSSR count). The Morgan fingerprint density at radius 2 is 0.724 bits per heavy atom. The van der Waals surface area contributed by atoms with Gasteiger partial charge in [-0.15, -0.1) is 0 Å². The molecule has 0 amide bonds. The zero-order valence-corrected chi connectivity index (χ0v) is 19.8. The molecule has 1 N–H and O–H groups in total. The van der Waals surface area contributed by atoms with Gasteiger partial charge in [0, 0.05) is 12.1 Å². The third-order valence-electron chi connectivity index (χ3n) is 8.63. The maximum atomic E-state index is 4.34. The summed E-state index contributed by atoms with van der Waals surface area (Å²) in [5.41, 5.74) is 0. The van der Waals surface area contributed by atoms with E-state index in [1.165, 1.54) is 154 Å². The molecule has 2 unspecified atom stereocenters. The molecule has 0 bridgehead atoms. The van der Waals surface area contributed by atoms with Crippen LogP contribution in [0.4, 0.5) is 0 Å². The first-order valence-corrected chi connectivity index (χ1v) is 14.2. The normalized spacial score (nSPS) is 31.4. The summed E-state index contributed by atoms with van der Waals surface area (Å²) in [6.07, 6.45) is 35.8. The summed E-state index contributed by atoms with van der Waals surface area (Å²) in [5.74, 6) is 2.00. The first-order chi connectivity index (χ1) is 14.4. The Labute approximate surface area is 183 Å². The van der Waals surface area contributed by atoms with Gasteiger partial charge < -0.3 is 5.32 Å². The van der Waals surface area contributed by atoms with Gasteiger partial charge in [0.05, 0.1) is 0 Å². The highest BCUT2D eigenvalue weighted by Gasteiger charge is 2.31. The van der Waals surface area contributed by atoms with Crippen LogP contribution in [0.15, 0.2) is 0 Å². The SMILES string of the molecule is C1CCCCC(NC2CCCCCC2C2CCCCCCCCCC2)CCCC1. The Morgan fingerprint density at radius 1 is 0.345 bits per heavy atom. The van der Waals surface area contributed by atoms with E-state index < -0.39 is 0 Å². The van der Waals surface area contributed by atoms with E-state index in [1.54, 1.807) is 0 Å². The molecular formula is C28H53N. The summed E-state index contributed by atoms with van der Waals surface area (Å²) in [5, 5.41) is 4.34. The van der Waals surface area contributed by atoms with Crippen molar-refractivity contribution in [3.8, 4) is 0 Å². The lowest BCUT2D eigenvalue weighted by atomic mass is 9.76. The zero-order chi connectivity index (χ0) is 20.0. The Hall–Kier alpha value is -0.0400. The Bertz CT molecular complexity index is 370. The lowest BCUT2D eigenvalue weighted by Gasteiger charge is -2.36. The van der Waals surface area contributed by atoms with Crippen LogP contribution in [0.25, 0.3) is 0 Å². The molecule has 0 saturated heterocycles. The van der Waals surface area contributed by atoms with Crippen LogP contribution in [-0.4, -0.2) is 12.1 Å². The van der Waals surface area contributed by atoms with E-state index in [4.69, 9.17) is 0 Å². The van der Waals surface area contributed by atoms with Gasteiger partial charge in [-0.3, -0.25) is 0 Å². The minimum absolute atomic E-state index is 0.821. The molecule has 2 atom stereocenters. The predicted octanol–water partition coefficient (Wildman–Crippen LogP) is 8.95.